The molecule has 0 radical (unpaired) electrons. The number of benzene rings is 1. The monoisotopic (exact) mass is 248 g/mol. The van der Waals surface area contributed by atoms with E-state index in [0.29, 0.717) is 0 Å². The maximum Gasteiger partial charge on any atom is 0.267 e. The number of aryl methyl sites for hydroxylation is 1. The van der Waals surface area contributed by atoms with E-state index in [2.05, 4.69) is 0 Å². The van der Waals surface area contributed by atoms with Crippen molar-refractivity contribution in [2.75, 3.05) is 11.9 Å². The lowest BCUT2D eigenvalue weighted by Crippen LogP contribution is -2.42. The molecule has 2 N–H and O–H groups in total. The molecule has 1 aromatic carbocycles. The number of fused-ring (bicyclic) bond motifs is 1. The molecule has 4 heteroatoms. The molecular formula is C14H20N2O2. The largest absolute Gasteiger partial charge is 0.479 e. The van der Waals surface area contributed by atoms with Crippen molar-refractivity contribution in [3.8, 4) is 5.75 Å². The van der Waals surface area contributed by atoms with Crippen LogP contribution in [0.15, 0.2) is 18.2 Å². The second-order valence-corrected chi connectivity index (χ2v) is 4.98. The Morgan fingerprint density at radius 2 is 2.22 bits per heavy atom. The SMILES string of the molecule is CC(N)CCc1ccc2c(c1)N(C)C(=O)C(C)O2. The van der Waals surface area contributed by atoms with Crippen molar-refractivity contribution in [1.82, 2.24) is 0 Å². The van der Waals surface area contributed by atoms with Crippen molar-refractivity contribution in [2.45, 2.75) is 38.8 Å². The van der Waals surface area contributed by atoms with Gasteiger partial charge >= 0.3 is 0 Å². The number of hydrogen-bond donors (Lipinski definition) is 1. The minimum Gasteiger partial charge on any atom is -0.479 e. The summed E-state index contributed by atoms with van der Waals surface area (Å²) in [4.78, 5) is 13.5. The lowest BCUT2D eigenvalue weighted by atomic mass is 10.0. The third kappa shape index (κ3) is 2.48. The fraction of sp³-hybridized carbons (Fsp3) is 0.500. The first kappa shape index (κ1) is 12.9. The molecule has 1 heterocycles. The normalized spacial score (nSPS) is 20.3. The average molecular weight is 248 g/mol. The third-order valence-electron chi connectivity index (χ3n) is 3.26. The van der Waals surface area contributed by atoms with Gasteiger partial charge in [0.15, 0.2) is 6.10 Å². The predicted molar refractivity (Wildman–Crippen MR) is 71.9 cm³/mol. The third-order valence-corrected chi connectivity index (χ3v) is 3.26. The van der Waals surface area contributed by atoms with Crippen LogP contribution in [-0.2, 0) is 11.2 Å². The first-order valence-electron chi connectivity index (χ1n) is 6.31. The molecular weight excluding hydrogens is 228 g/mol. The summed E-state index contributed by atoms with van der Waals surface area (Å²) in [5.41, 5.74) is 7.79. The highest BCUT2D eigenvalue weighted by Crippen LogP contribution is 2.34. The van der Waals surface area contributed by atoms with E-state index in [9.17, 15) is 4.79 Å². The molecule has 2 atom stereocenters. The molecule has 1 amide bonds. The molecule has 4 nitrogen and oxygen atoms in total. The van der Waals surface area contributed by atoms with Crippen molar-refractivity contribution in [3.05, 3.63) is 23.8 Å². The summed E-state index contributed by atoms with van der Waals surface area (Å²) >= 11 is 0. The number of rotatable bonds is 3. The van der Waals surface area contributed by atoms with Crippen molar-refractivity contribution < 1.29 is 9.53 Å². The number of amides is 1. The summed E-state index contributed by atoms with van der Waals surface area (Å²) < 4.78 is 5.58. The molecule has 1 aromatic rings. The molecule has 18 heavy (non-hydrogen) atoms. The van der Waals surface area contributed by atoms with Gasteiger partial charge in [0.25, 0.3) is 5.91 Å². The summed E-state index contributed by atoms with van der Waals surface area (Å²) in [5, 5.41) is 0. The van der Waals surface area contributed by atoms with Gasteiger partial charge in [-0.15, -0.1) is 0 Å². The fourth-order valence-corrected chi connectivity index (χ4v) is 2.11. The van der Waals surface area contributed by atoms with Gasteiger partial charge in [-0.1, -0.05) is 6.07 Å². The first-order valence-corrected chi connectivity index (χ1v) is 6.31. The Morgan fingerprint density at radius 1 is 1.50 bits per heavy atom. The summed E-state index contributed by atoms with van der Waals surface area (Å²) in [5.74, 6) is 0.765. The van der Waals surface area contributed by atoms with Crippen LogP contribution in [0.25, 0.3) is 0 Å². The van der Waals surface area contributed by atoms with Gasteiger partial charge < -0.3 is 15.4 Å². The number of ether oxygens (including phenoxy) is 1. The minimum atomic E-state index is -0.405. The lowest BCUT2D eigenvalue weighted by Gasteiger charge is -2.30. The van der Waals surface area contributed by atoms with Crippen LogP contribution in [0.3, 0.4) is 0 Å². The van der Waals surface area contributed by atoms with E-state index in [1.54, 1.807) is 18.9 Å². The Morgan fingerprint density at radius 3 is 2.89 bits per heavy atom. The van der Waals surface area contributed by atoms with Crippen LogP contribution in [0.5, 0.6) is 5.75 Å². The summed E-state index contributed by atoms with van der Waals surface area (Å²) in [7, 11) is 1.79. The zero-order valence-corrected chi connectivity index (χ0v) is 11.1. The van der Waals surface area contributed by atoms with E-state index in [1.807, 2.05) is 25.1 Å². The number of anilines is 1. The molecule has 0 saturated carbocycles. The molecule has 98 valence electrons. The Bertz CT molecular complexity index is 457. The standard InChI is InChI=1S/C14H20N2O2/c1-9(15)4-5-11-6-7-13-12(8-11)16(3)14(17)10(2)18-13/h6-10H,4-5,15H2,1-3H3. The number of nitrogens with two attached hydrogens (primary N) is 1. The van der Waals surface area contributed by atoms with Gasteiger partial charge in [0.05, 0.1) is 5.69 Å². The second kappa shape index (κ2) is 4.98. The van der Waals surface area contributed by atoms with E-state index in [4.69, 9.17) is 10.5 Å². The van der Waals surface area contributed by atoms with Crippen LogP contribution in [-0.4, -0.2) is 25.1 Å². The molecule has 0 spiro atoms. The maximum atomic E-state index is 11.8. The van der Waals surface area contributed by atoms with Crippen molar-refractivity contribution in [1.29, 1.82) is 0 Å². The zero-order valence-electron chi connectivity index (χ0n) is 11.1. The molecule has 0 fully saturated rings. The minimum absolute atomic E-state index is 0.00755. The van der Waals surface area contributed by atoms with E-state index in [-0.39, 0.29) is 11.9 Å². The molecule has 0 bridgehead atoms. The van der Waals surface area contributed by atoms with Crippen LogP contribution in [0, 0.1) is 0 Å². The molecule has 0 aromatic heterocycles. The Kier molecular flexibility index (Phi) is 3.57. The smallest absolute Gasteiger partial charge is 0.267 e. The topological polar surface area (TPSA) is 55.6 Å². The summed E-state index contributed by atoms with van der Waals surface area (Å²) in [6, 6.07) is 6.18. The van der Waals surface area contributed by atoms with Gasteiger partial charge in [0, 0.05) is 13.1 Å². The quantitative estimate of drug-likeness (QED) is 0.886. The Hall–Kier alpha value is -1.55. The number of hydrogen-bond acceptors (Lipinski definition) is 3. The van der Waals surface area contributed by atoms with Crippen LogP contribution in [0.1, 0.15) is 25.8 Å². The number of nitrogens with zero attached hydrogens (tertiary/aromatic N) is 1. The van der Waals surface area contributed by atoms with E-state index in [0.717, 1.165) is 24.3 Å². The van der Waals surface area contributed by atoms with E-state index >= 15 is 0 Å². The van der Waals surface area contributed by atoms with Gasteiger partial charge in [-0.3, -0.25) is 4.79 Å². The van der Waals surface area contributed by atoms with Gasteiger partial charge in [-0.2, -0.15) is 0 Å². The Balaban J connectivity index is 2.23. The average Bonchev–Trinajstić information content (AvgIpc) is 2.34. The Labute approximate surface area is 108 Å². The van der Waals surface area contributed by atoms with Gasteiger partial charge in [0.2, 0.25) is 0 Å². The van der Waals surface area contributed by atoms with Gasteiger partial charge in [0.1, 0.15) is 5.75 Å². The number of carbonyl (C=O) groups is 1. The molecule has 0 aliphatic carbocycles. The molecule has 1 aliphatic rings. The second-order valence-electron chi connectivity index (χ2n) is 4.98. The lowest BCUT2D eigenvalue weighted by molar-refractivity contribution is -0.125. The highest BCUT2D eigenvalue weighted by atomic mass is 16.5. The van der Waals surface area contributed by atoms with Crippen LogP contribution in [0.2, 0.25) is 0 Å². The highest BCUT2D eigenvalue weighted by Gasteiger charge is 2.28. The predicted octanol–water partition coefficient (Wildman–Crippen LogP) is 1.71. The molecule has 2 rings (SSSR count). The van der Waals surface area contributed by atoms with E-state index in [1.165, 1.54) is 5.56 Å². The highest BCUT2D eigenvalue weighted by molar-refractivity contribution is 5.99. The number of carbonyl (C=O) groups excluding carboxylic acids is 1. The number of likely N-dealkylation sites (N-methyl/N-ethyl adjacent to an activating group) is 1. The van der Waals surface area contributed by atoms with Crippen LogP contribution < -0.4 is 15.4 Å². The maximum absolute atomic E-state index is 11.8. The van der Waals surface area contributed by atoms with Crippen molar-refractivity contribution in [2.24, 2.45) is 5.73 Å². The van der Waals surface area contributed by atoms with Crippen molar-refractivity contribution >= 4 is 11.6 Å². The zero-order chi connectivity index (χ0) is 13.3. The molecule has 2 unspecified atom stereocenters. The molecule has 1 aliphatic heterocycles. The summed E-state index contributed by atoms with van der Waals surface area (Å²) in [6.07, 6.45) is 1.45. The van der Waals surface area contributed by atoms with Gasteiger partial charge in [-0.05, 0) is 44.4 Å². The first-order chi connectivity index (χ1) is 8.49. The van der Waals surface area contributed by atoms with Crippen LogP contribution in [0.4, 0.5) is 5.69 Å². The van der Waals surface area contributed by atoms with Gasteiger partial charge in [-0.25, -0.2) is 0 Å². The van der Waals surface area contributed by atoms with E-state index < -0.39 is 6.10 Å². The fourth-order valence-electron chi connectivity index (χ4n) is 2.11. The van der Waals surface area contributed by atoms with Crippen LogP contribution >= 0.6 is 0 Å². The van der Waals surface area contributed by atoms with Crippen molar-refractivity contribution in [3.63, 3.8) is 0 Å². The molecule has 0 saturated heterocycles. The summed E-state index contributed by atoms with van der Waals surface area (Å²) in [6.45, 7) is 3.77.